The van der Waals surface area contributed by atoms with Crippen molar-refractivity contribution in [3.05, 3.63) is 65.2 Å². The standard InChI is InChI=1S/C24H32N2O2/c1-18(2)16-23(20-10-12-22(28-3)13-11-20)25-24(27)21-8-6-19(7-9-21)17-26-14-4-5-15-26/h6-13,18,23H,4-5,14-17H2,1-3H3,(H,25,27). The van der Waals surface area contributed by atoms with Crippen LogP contribution in [-0.2, 0) is 6.54 Å². The van der Waals surface area contributed by atoms with E-state index in [1.807, 2.05) is 36.4 Å². The molecule has 0 bridgehead atoms. The van der Waals surface area contributed by atoms with Gasteiger partial charge in [-0.25, -0.2) is 0 Å². The zero-order chi connectivity index (χ0) is 19.9. The molecule has 0 aliphatic carbocycles. The summed E-state index contributed by atoms with van der Waals surface area (Å²) in [6.07, 6.45) is 3.48. The molecule has 1 saturated heterocycles. The lowest BCUT2D eigenvalue weighted by atomic mass is 9.96. The summed E-state index contributed by atoms with van der Waals surface area (Å²) in [7, 11) is 1.66. The van der Waals surface area contributed by atoms with E-state index in [1.54, 1.807) is 7.11 Å². The first-order chi connectivity index (χ1) is 13.5. The molecule has 2 aromatic carbocycles. The van der Waals surface area contributed by atoms with Crippen molar-refractivity contribution in [1.82, 2.24) is 10.2 Å². The largest absolute Gasteiger partial charge is 0.497 e. The summed E-state index contributed by atoms with van der Waals surface area (Å²) in [5, 5.41) is 3.22. The fourth-order valence-corrected chi connectivity index (χ4v) is 3.79. The first-order valence-electron chi connectivity index (χ1n) is 10.3. The number of amides is 1. The molecule has 1 aliphatic heterocycles. The van der Waals surface area contributed by atoms with E-state index in [9.17, 15) is 4.79 Å². The van der Waals surface area contributed by atoms with Crippen LogP contribution in [0, 0.1) is 5.92 Å². The van der Waals surface area contributed by atoms with Gasteiger partial charge in [-0.1, -0.05) is 38.1 Å². The lowest BCUT2D eigenvalue weighted by Gasteiger charge is -2.22. The number of carbonyl (C=O) groups excluding carboxylic acids is 1. The molecule has 0 radical (unpaired) electrons. The van der Waals surface area contributed by atoms with E-state index in [-0.39, 0.29) is 11.9 Å². The number of likely N-dealkylation sites (tertiary alicyclic amines) is 1. The molecular formula is C24H32N2O2. The molecule has 0 spiro atoms. The van der Waals surface area contributed by atoms with Gasteiger partial charge in [0.05, 0.1) is 13.2 Å². The zero-order valence-electron chi connectivity index (χ0n) is 17.3. The lowest BCUT2D eigenvalue weighted by molar-refractivity contribution is 0.0932. The number of rotatable bonds is 8. The fraction of sp³-hybridized carbons (Fsp3) is 0.458. The van der Waals surface area contributed by atoms with Gasteiger partial charge in [0.2, 0.25) is 0 Å². The number of carbonyl (C=O) groups is 1. The van der Waals surface area contributed by atoms with Crippen LogP contribution < -0.4 is 10.1 Å². The Balaban J connectivity index is 1.66. The van der Waals surface area contributed by atoms with Gasteiger partial charge in [-0.15, -0.1) is 0 Å². The summed E-state index contributed by atoms with van der Waals surface area (Å²) in [6, 6.07) is 16.0. The highest BCUT2D eigenvalue weighted by Gasteiger charge is 2.18. The molecule has 4 heteroatoms. The number of nitrogens with one attached hydrogen (secondary N) is 1. The Bertz CT molecular complexity index is 747. The Labute approximate surface area is 168 Å². The number of nitrogens with zero attached hydrogens (tertiary/aromatic N) is 1. The molecule has 1 fully saturated rings. The van der Waals surface area contributed by atoms with E-state index < -0.39 is 0 Å². The molecule has 0 aromatic heterocycles. The van der Waals surface area contributed by atoms with E-state index in [2.05, 4.69) is 36.2 Å². The SMILES string of the molecule is COc1ccc(C(CC(C)C)NC(=O)c2ccc(CN3CCCC3)cc2)cc1. The molecule has 1 aliphatic rings. The van der Waals surface area contributed by atoms with Crippen molar-refractivity contribution < 1.29 is 9.53 Å². The van der Waals surface area contributed by atoms with Crippen LogP contribution in [0.25, 0.3) is 0 Å². The molecule has 1 heterocycles. The Kier molecular flexibility index (Phi) is 7.10. The Morgan fingerprint density at radius 3 is 2.25 bits per heavy atom. The number of methoxy groups -OCH3 is 1. The third kappa shape index (κ3) is 5.59. The van der Waals surface area contributed by atoms with Gasteiger partial charge >= 0.3 is 0 Å². The molecule has 3 rings (SSSR count). The second-order valence-electron chi connectivity index (χ2n) is 8.11. The van der Waals surface area contributed by atoms with Crippen LogP contribution in [0.3, 0.4) is 0 Å². The maximum atomic E-state index is 12.8. The second-order valence-corrected chi connectivity index (χ2v) is 8.11. The van der Waals surface area contributed by atoms with Crippen molar-refractivity contribution in [2.45, 2.75) is 45.7 Å². The van der Waals surface area contributed by atoms with Crippen molar-refractivity contribution in [2.75, 3.05) is 20.2 Å². The molecule has 28 heavy (non-hydrogen) atoms. The molecule has 150 valence electrons. The predicted octanol–water partition coefficient (Wildman–Crippen LogP) is 4.81. The highest BCUT2D eigenvalue weighted by Crippen LogP contribution is 2.24. The van der Waals surface area contributed by atoms with Gasteiger partial charge in [-0.3, -0.25) is 9.69 Å². The average molecular weight is 381 g/mol. The van der Waals surface area contributed by atoms with Crippen LogP contribution in [-0.4, -0.2) is 31.0 Å². The normalized spacial score (nSPS) is 15.6. The molecule has 2 aromatic rings. The van der Waals surface area contributed by atoms with Gasteiger partial charge in [0, 0.05) is 12.1 Å². The van der Waals surface area contributed by atoms with Crippen LogP contribution >= 0.6 is 0 Å². The molecule has 1 N–H and O–H groups in total. The maximum absolute atomic E-state index is 12.8. The smallest absolute Gasteiger partial charge is 0.251 e. The maximum Gasteiger partial charge on any atom is 0.251 e. The number of hydrogen-bond donors (Lipinski definition) is 1. The first kappa shape index (κ1) is 20.4. The van der Waals surface area contributed by atoms with E-state index in [0.717, 1.165) is 24.3 Å². The van der Waals surface area contributed by atoms with Crippen molar-refractivity contribution in [1.29, 1.82) is 0 Å². The van der Waals surface area contributed by atoms with Gasteiger partial charge < -0.3 is 10.1 Å². The molecule has 4 nitrogen and oxygen atoms in total. The summed E-state index contributed by atoms with van der Waals surface area (Å²) in [4.78, 5) is 15.3. The molecular weight excluding hydrogens is 348 g/mol. The highest BCUT2D eigenvalue weighted by atomic mass is 16.5. The van der Waals surface area contributed by atoms with E-state index in [1.165, 1.54) is 31.5 Å². The van der Waals surface area contributed by atoms with E-state index in [0.29, 0.717) is 11.5 Å². The van der Waals surface area contributed by atoms with Crippen molar-refractivity contribution >= 4 is 5.91 Å². The van der Waals surface area contributed by atoms with Crippen molar-refractivity contribution in [2.24, 2.45) is 5.92 Å². The molecule has 1 atom stereocenters. The minimum Gasteiger partial charge on any atom is -0.497 e. The van der Waals surface area contributed by atoms with Crippen LogP contribution in [0.15, 0.2) is 48.5 Å². The Morgan fingerprint density at radius 1 is 1.04 bits per heavy atom. The van der Waals surface area contributed by atoms with Gasteiger partial charge in [-0.2, -0.15) is 0 Å². The Morgan fingerprint density at radius 2 is 1.68 bits per heavy atom. The fourth-order valence-electron chi connectivity index (χ4n) is 3.79. The number of ether oxygens (including phenoxy) is 1. The van der Waals surface area contributed by atoms with Crippen molar-refractivity contribution in [3.63, 3.8) is 0 Å². The quantitative estimate of drug-likeness (QED) is 0.715. The number of benzene rings is 2. The van der Waals surface area contributed by atoms with E-state index in [4.69, 9.17) is 4.74 Å². The highest BCUT2D eigenvalue weighted by molar-refractivity contribution is 5.94. The first-order valence-corrected chi connectivity index (χ1v) is 10.3. The number of hydrogen-bond acceptors (Lipinski definition) is 3. The van der Waals surface area contributed by atoms with Crippen molar-refractivity contribution in [3.8, 4) is 5.75 Å². The van der Waals surface area contributed by atoms with Crippen LogP contribution in [0.2, 0.25) is 0 Å². The van der Waals surface area contributed by atoms with Gasteiger partial charge in [-0.05, 0) is 73.7 Å². The second kappa shape index (κ2) is 9.74. The zero-order valence-corrected chi connectivity index (χ0v) is 17.3. The topological polar surface area (TPSA) is 41.6 Å². The summed E-state index contributed by atoms with van der Waals surface area (Å²) in [6.45, 7) is 7.69. The average Bonchev–Trinajstić information content (AvgIpc) is 3.21. The lowest BCUT2D eigenvalue weighted by Crippen LogP contribution is -2.29. The summed E-state index contributed by atoms with van der Waals surface area (Å²) < 4.78 is 5.25. The van der Waals surface area contributed by atoms with Crippen LogP contribution in [0.1, 0.15) is 60.6 Å². The Hall–Kier alpha value is -2.33. The van der Waals surface area contributed by atoms with Crippen LogP contribution in [0.4, 0.5) is 0 Å². The van der Waals surface area contributed by atoms with Gasteiger partial charge in [0.15, 0.2) is 0 Å². The summed E-state index contributed by atoms with van der Waals surface area (Å²) in [5.41, 5.74) is 3.09. The summed E-state index contributed by atoms with van der Waals surface area (Å²) >= 11 is 0. The van der Waals surface area contributed by atoms with Crippen LogP contribution in [0.5, 0.6) is 5.75 Å². The van der Waals surface area contributed by atoms with Gasteiger partial charge in [0.25, 0.3) is 5.91 Å². The minimum atomic E-state index is -0.0193. The molecule has 1 amide bonds. The minimum absolute atomic E-state index is 0.0114. The predicted molar refractivity (Wildman–Crippen MR) is 114 cm³/mol. The third-order valence-electron chi connectivity index (χ3n) is 5.35. The molecule has 0 saturated carbocycles. The third-order valence-corrected chi connectivity index (χ3v) is 5.35. The van der Waals surface area contributed by atoms with E-state index >= 15 is 0 Å². The van der Waals surface area contributed by atoms with Gasteiger partial charge in [0.1, 0.15) is 5.75 Å². The molecule has 1 unspecified atom stereocenters. The summed E-state index contributed by atoms with van der Waals surface area (Å²) in [5.74, 6) is 1.29. The monoisotopic (exact) mass is 380 g/mol.